The SMILES string of the molecule is CC(=O)CO.CC(=O)CO.CC(=O)O.CCCOC. The maximum absolute atomic E-state index is 9.56. The van der Waals surface area contributed by atoms with Crippen LogP contribution in [0.15, 0.2) is 0 Å². The highest BCUT2D eigenvalue weighted by atomic mass is 16.5. The van der Waals surface area contributed by atoms with Crippen molar-refractivity contribution in [2.24, 2.45) is 0 Å². The number of carbonyl (C=O) groups excluding carboxylic acids is 2. The third-order valence-corrected chi connectivity index (χ3v) is 0.854. The number of aliphatic hydroxyl groups excluding tert-OH is 2. The van der Waals surface area contributed by atoms with E-state index in [0.29, 0.717) is 0 Å². The standard InChI is InChI=1S/C4H10O.2C3H6O2.C2H4O2/c1-3-4-5-2;2*1-3(5)2-4;1-2(3)4/h3-4H2,1-2H3;2*4H,2H2,1H3;1H3,(H,3,4). The van der Waals surface area contributed by atoms with Crippen molar-refractivity contribution >= 4 is 17.5 Å². The molecule has 0 unspecified atom stereocenters. The molecule has 0 saturated carbocycles. The first-order valence-electron chi connectivity index (χ1n) is 5.58. The molecule has 0 aromatic carbocycles. The Morgan fingerprint density at radius 1 is 0.947 bits per heavy atom. The summed E-state index contributed by atoms with van der Waals surface area (Å²) in [5.74, 6) is -1.21. The molecule has 0 bridgehead atoms. The van der Waals surface area contributed by atoms with Gasteiger partial charge < -0.3 is 20.1 Å². The highest BCUT2D eigenvalue weighted by Crippen LogP contribution is 1.70. The lowest BCUT2D eigenvalue weighted by molar-refractivity contribution is -0.134. The van der Waals surface area contributed by atoms with Crippen molar-refractivity contribution in [2.75, 3.05) is 26.9 Å². The van der Waals surface area contributed by atoms with Gasteiger partial charge in [0.15, 0.2) is 11.6 Å². The van der Waals surface area contributed by atoms with Crippen LogP contribution in [-0.2, 0) is 19.1 Å². The Labute approximate surface area is 114 Å². The van der Waals surface area contributed by atoms with E-state index >= 15 is 0 Å². The zero-order valence-corrected chi connectivity index (χ0v) is 12.3. The van der Waals surface area contributed by atoms with E-state index in [1.807, 2.05) is 0 Å². The van der Waals surface area contributed by atoms with Crippen LogP contribution in [0.1, 0.15) is 34.1 Å². The number of hydrogen-bond donors (Lipinski definition) is 3. The van der Waals surface area contributed by atoms with Crippen LogP contribution < -0.4 is 0 Å². The van der Waals surface area contributed by atoms with Gasteiger partial charge in [0.2, 0.25) is 0 Å². The minimum Gasteiger partial charge on any atom is -0.481 e. The molecule has 0 aliphatic rings. The lowest BCUT2D eigenvalue weighted by atomic mass is 10.5. The van der Waals surface area contributed by atoms with Gasteiger partial charge in [-0.2, -0.15) is 0 Å². The van der Waals surface area contributed by atoms with Crippen molar-refractivity contribution in [3.8, 4) is 0 Å². The number of ether oxygens (including phenoxy) is 1. The Bertz CT molecular complexity index is 194. The molecule has 116 valence electrons. The number of ketones is 2. The molecule has 0 aromatic rings. The molecule has 0 saturated heterocycles. The van der Waals surface area contributed by atoms with Gasteiger partial charge in [0, 0.05) is 20.6 Å². The van der Waals surface area contributed by atoms with E-state index in [0.717, 1.165) is 20.0 Å². The molecule has 0 fully saturated rings. The van der Waals surface area contributed by atoms with Crippen LogP contribution in [0.25, 0.3) is 0 Å². The van der Waals surface area contributed by atoms with Gasteiger partial charge in [-0.1, -0.05) is 6.92 Å². The zero-order chi connectivity index (χ0) is 16.3. The summed E-state index contributed by atoms with van der Waals surface area (Å²) in [5.41, 5.74) is 0. The predicted molar refractivity (Wildman–Crippen MR) is 71.0 cm³/mol. The second kappa shape index (κ2) is 25.5. The Morgan fingerprint density at radius 3 is 1.16 bits per heavy atom. The fraction of sp³-hybridized carbons (Fsp3) is 0.750. The van der Waals surface area contributed by atoms with Crippen molar-refractivity contribution in [1.82, 2.24) is 0 Å². The van der Waals surface area contributed by atoms with Crippen molar-refractivity contribution in [1.29, 1.82) is 0 Å². The van der Waals surface area contributed by atoms with Gasteiger partial charge in [-0.15, -0.1) is 0 Å². The fourth-order valence-electron chi connectivity index (χ4n) is 0.204. The van der Waals surface area contributed by atoms with E-state index < -0.39 is 5.97 Å². The molecule has 0 amide bonds. The minimum atomic E-state index is -0.833. The molecule has 7 nitrogen and oxygen atoms in total. The van der Waals surface area contributed by atoms with E-state index in [4.69, 9.17) is 24.9 Å². The van der Waals surface area contributed by atoms with E-state index in [-0.39, 0.29) is 24.8 Å². The maximum Gasteiger partial charge on any atom is 0.300 e. The quantitative estimate of drug-likeness (QED) is 0.676. The summed E-state index contributed by atoms with van der Waals surface area (Å²) >= 11 is 0. The van der Waals surface area contributed by atoms with Gasteiger partial charge in [0.25, 0.3) is 5.97 Å². The first-order chi connectivity index (χ1) is 8.69. The Morgan fingerprint density at radius 2 is 1.16 bits per heavy atom. The maximum atomic E-state index is 9.56. The second-order valence-corrected chi connectivity index (χ2v) is 3.23. The lowest BCUT2D eigenvalue weighted by Gasteiger charge is -1.84. The first kappa shape index (κ1) is 26.3. The molecule has 0 radical (unpaired) electrons. The van der Waals surface area contributed by atoms with E-state index in [9.17, 15) is 9.59 Å². The van der Waals surface area contributed by atoms with E-state index in [1.54, 1.807) is 7.11 Å². The summed E-state index contributed by atoms with van der Waals surface area (Å²) < 4.78 is 4.69. The molecule has 19 heavy (non-hydrogen) atoms. The first-order valence-corrected chi connectivity index (χ1v) is 5.58. The smallest absolute Gasteiger partial charge is 0.300 e. The van der Waals surface area contributed by atoms with Crippen LogP contribution in [0.2, 0.25) is 0 Å². The predicted octanol–water partition coefficient (Wildman–Crippen LogP) is 0.269. The minimum absolute atomic E-state index is 0.190. The Kier molecular flexibility index (Phi) is 35.3. The fourth-order valence-corrected chi connectivity index (χ4v) is 0.204. The number of carboxylic acids is 1. The van der Waals surface area contributed by atoms with Gasteiger partial charge >= 0.3 is 0 Å². The summed E-state index contributed by atoms with van der Waals surface area (Å²) in [6, 6.07) is 0. The van der Waals surface area contributed by atoms with Gasteiger partial charge in [-0.3, -0.25) is 14.4 Å². The number of rotatable bonds is 4. The molecule has 0 aliphatic heterocycles. The van der Waals surface area contributed by atoms with Crippen LogP contribution in [0.3, 0.4) is 0 Å². The number of methoxy groups -OCH3 is 1. The van der Waals surface area contributed by atoms with Crippen LogP contribution in [0.5, 0.6) is 0 Å². The summed E-state index contributed by atoms with van der Waals surface area (Å²) in [7, 11) is 1.71. The van der Waals surface area contributed by atoms with Crippen molar-refractivity contribution in [2.45, 2.75) is 34.1 Å². The van der Waals surface area contributed by atoms with E-state index in [1.165, 1.54) is 13.8 Å². The summed E-state index contributed by atoms with van der Waals surface area (Å²) in [6.07, 6.45) is 1.12. The van der Waals surface area contributed by atoms with E-state index in [2.05, 4.69) is 6.92 Å². The monoisotopic (exact) mass is 282 g/mol. The number of aliphatic hydroxyl groups is 2. The second-order valence-electron chi connectivity index (χ2n) is 3.23. The number of Topliss-reactive ketones (excluding diaryl/α,β-unsaturated/α-hetero) is 2. The van der Waals surface area contributed by atoms with Crippen molar-refractivity contribution < 1.29 is 34.4 Å². The van der Waals surface area contributed by atoms with Crippen LogP contribution in [-0.4, -0.2) is 59.8 Å². The molecule has 3 N–H and O–H groups in total. The molecule has 7 heteroatoms. The average Bonchev–Trinajstić information content (AvgIpc) is 2.30. The third-order valence-electron chi connectivity index (χ3n) is 0.854. The molecule has 0 heterocycles. The number of carbonyl (C=O) groups is 3. The van der Waals surface area contributed by atoms with Gasteiger partial charge in [0.05, 0.1) is 0 Å². The number of carboxylic acid groups (broad SMARTS) is 1. The Balaban J connectivity index is -0.0000000793. The third kappa shape index (κ3) is 164. The van der Waals surface area contributed by atoms with Crippen LogP contribution in [0, 0.1) is 0 Å². The molecule has 0 rings (SSSR count). The highest BCUT2D eigenvalue weighted by Gasteiger charge is 1.79. The lowest BCUT2D eigenvalue weighted by Crippen LogP contribution is -1.93. The number of hydrogen-bond acceptors (Lipinski definition) is 6. The molecule has 0 spiro atoms. The van der Waals surface area contributed by atoms with Crippen LogP contribution in [0.4, 0.5) is 0 Å². The Hall–Kier alpha value is -1.31. The normalized spacial score (nSPS) is 7.53. The zero-order valence-electron chi connectivity index (χ0n) is 12.3. The van der Waals surface area contributed by atoms with Gasteiger partial charge in [-0.05, 0) is 20.3 Å². The average molecular weight is 282 g/mol. The van der Waals surface area contributed by atoms with Gasteiger partial charge in [-0.25, -0.2) is 0 Å². The number of aliphatic carboxylic acids is 1. The molecular weight excluding hydrogens is 256 g/mol. The molecule has 0 atom stereocenters. The van der Waals surface area contributed by atoms with Crippen molar-refractivity contribution in [3.05, 3.63) is 0 Å². The summed E-state index contributed by atoms with van der Waals surface area (Å²) in [5, 5.41) is 23.0. The highest BCUT2D eigenvalue weighted by molar-refractivity contribution is 5.76. The molecular formula is C12H26O7. The van der Waals surface area contributed by atoms with Gasteiger partial charge in [0.1, 0.15) is 13.2 Å². The molecule has 0 aromatic heterocycles. The topological polar surface area (TPSA) is 121 Å². The molecule has 0 aliphatic carbocycles. The summed E-state index contributed by atoms with van der Waals surface area (Å²) in [6.45, 7) is 6.06. The van der Waals surface area contributed by atoms with Crippen LogP contribution >= 0.6 is 0 Å². The van der Waals surface area contributed by atoms with Crippen molar-refractivity contribution in [3.63, 3.8) is 0 Å². The largest absolute Gasteiger partial charge is 0.481 e. The summed E-state index contributed by atoms with van der Waals surface area (Å²) in [4.78, 5) is 28.1.